The normalized spacial score (nSPS) is 10.6. The Labute approximate surface area is 192 Å². The summed E-state index contributed by atoms with van der Waals surface area (Å²) < 4.78 is 57.4. The van der Waals surface area contributed by atoms with E-state index in [4.69, 9.17) is 4.74 Å². The molecule has 174 valence electrons. The molecule has 0 saturated carbocycles. The van der Waals surface area contributed by atoms with Crippen LogP contribution in [0, 0.1) is 17.7 Å². The monoisotopic (exact) mass is 470 g/mol. The summed E-state index contributed by atoms with van der Waals surface area (Å²) >= 11 is 0. The fourth-order valence-electron chi connectivity index (χ4n) is 2.95. The van der Waals surface area contributed by atoms with Crippen LogP contribution >= 0.6 is 0 Å². The number of methoxy groups -OCH3 is 1. The maximum absolute atomic E-state index is 14.1. The van der Waals surface area contributed by atoms with Crippen molar-refractivity contribution in [1.82, 2.24) is 5.32 Å². The minimum absolute atomic E-state index is 0.137. The summed E-state index contributed by atoms with van der Waals surface area (Å²) in [5.41, 5.74) is -0.240. The molecule has 0 radical (unpaired) electrons. The van der Waals surface area contributed by atoms with E-state index in [0.717, 1.165) is 6.07 Å². The van der Waals surface area contributed by atoms with Gasteiger partial charge in [-0.25, -0.2) is 4.39 Å². The smallest absolute Gasteiger partial charge is 0.416 e. The van der Waals surface area contributed by atoms with Crippen LogP contribution in [0.15, 0.2) is 66.7 Å². The fraction of sp³-hybridized carbons (Fsp3) is 0.120. The average Bonchev–Trinajstić information content (AvgIpc) is 2.81. The second kappa shape index (κ2) is 10.5. The van der Waals surface area contributed by atoms with Gasteiger partial charge in [-0.15, -0.1) is 0 Å². The van der Waals surface area contributed by atoms with Crippen molar-refractivity contribution in [2.45, 2.75) is 12.7 Å². The third kappa shape index (κ3) is 6.36. The van der Waals surface area contributed by atoms with Gasteiger partial charge < -0.3 is 15.4 Å². The molecule has 0 aliphatic heterocycles. The van der Waals surface area contributed by atoms with Gasteiger partial charge in [-0.05, 0) is 48.5 Å². The SMILES string of the molecule is COc1ccc(NC(=O)C#Cc2ccccc2)cc1CNC(=O)c1ccc(C(F)(F)F)cc1F. The number of ether oxygens (including phenoxy) is 1. The second-order valence-electron chi connectivity index (χ2n) is 6.97. The standard InChI is InChI=1S/C25H18F4N2O3/c1-34-22-11-9-19(31-23(32)12-7-16-5-3-2-4-6-16)13-17(22)15-30-24(33)20-10-8-18(14-21(20)26)25(27,28)29/h2-6,8-11,13-14H,15H2,1H3,(H,30,33)(H,31,32). The van der Waals surface area contributed by atoms with Crippen LogP contribution in [0.1, 0.15) is 27.0 Å². The van der Waals surface area contributed by atoms with Crippen LogP contribution in [0.4, 0.5) is 23.2 Å². The van der Waals surface area contributed by atoms with E-state index in [0.29, 0.717) is 28.6 Å². The van der Waals surface area contributed by atoms with E-state index in [1.54, 1.807) is 36.4 Å². The number of amides is 2. The van der Waals surface area contributed by atoms with E-state index in [2.05, 4.69) is 22.5 Å². The van der Waals surface area contributed by atoms with Gasteiger partial charge in [0.2, 0.25) is 0 Å². The summed E-state index contributed by atoms with van der Waals surface area (Å²) in [6.45, 7) is -0.137. The van der Waals surface area contributed by atoms with E-state index in [1.807, 2.05) is 6.07 Å². The zero-order chi connectivity index (χ0) is 24.7. The first-order chi connectivity index (χ1) is 16.2. The minimum Gasteiger partial charge on any atom is -0.496 e. The molecule has 0 fully saturated rings. The van der Waals surface area contributed by atoms with Crippen molar-refractivity contribution in [3.8, 4) is 17.6 Å². The molecule has 9 heteroatoms. The first-order valence-corrected chi connectivity index (χ1v) is 9.87. The molecule has 3 aromatic carbocycles. The van der Waals surface area contributed by atoms with E-state index in [9.17, 15) is 27.2 Å². The Balaban J connectivity index is 1.70. The van der Waals surface area contributed by atoms with Gasteiger partial charge >= 0.3 is 12.1 Å². The lowest BCUT2D eigenvalue weighted by molar-refractivity contribution is -0.137. The zero-order valence-corrected chi connectivity index (χ0v) is 17.8. The molecule has 0 bridgehead atoms. The van der Waals surface area contributed by atoms with Crippen LogP contribution in [-0.2, 0) is 17.5 Å². The van der Waals surface area contributed by atoms with Crippen LogP contribution in [0.25, 0.3) is 0 Å². The Morgan fingerprint density at radius 2 is 1.74 bits per heavy atom. The highest BCUT2D eigenvalue weighted by molar-refractivity contribution is 6.04. The number of carbonyl (C=O) groups is 2. The van der Waals surface area contributed by atoms with Gasteiger partial charge in [0.05, 0.1) is 18.2 Å². The van der Waals surface area contributed by atoms with Crippen molar-refractivity contribution in [3.63, 3.8) is 0 Å². The van der Waals surface area contributed by atoms with Gasteiger partial charge in [-0.2, -0.15) is 13.2 Å². The number of halogens is 4. The maximum Gasteiger partial charge on any atom is 0.416 e. The van der Waals surface area contributed by atoms with Crippen molar-refractivity contribution in [1.29, 1.82) is 0 Å². The summed E-state index contributed by atoms with van der Waals surface area (Å²) in [5.74, 6) is 2.81. The highest BCUT2D eigenvalue weighted by Gasteiger charge is 2.31. The van der Waals surface area contributed by atoms with Crippen LogP contribution < -0.4 is 15.4 Å². The average molecular weight is 470 g/mol. The Kier molecular flexibility index (Phi) is 7.53. The van der Waals surface area contributed by atoms with Crippen LogP contribution in [0.2, 0.25) is 0 Å². The molecule has 2 amide bonds. The molecule has 0 unspecified atom stereocenters. The summed E-state index contributed by atoms with van der Waals surface area (Å²) in [6, 6.07) is 15.3. The minimum atomic E-state index is -4.72. The van der Waals surface area contributed by atoms with Gasteiger partial charge in [-0.3, -0.25) is 9.59 Å². The molecule has 2 N–H and O–H groups in total. The first kappa shape index (κ1) is 24.3. The number of anilines is 1. The van der Waals surface area contributed by atoms with E-state index in [1.165, 1.54) is 13.2 Å². The van der Waals surface area contributed by atoms with E-state index < -0.39 is 34.9 Å². The molecule has 0 heterocycles. The van der Waals surface area contributed by atoms with Crippen LogP contribution in [0.5, 0.6) is 5.75 Å². The van der Waals surface area contributed by atoms with E-state index in [-0.39, 0.29) is 12.6 Å². The lowest BCUT2D eigenvalue weighted by Crippen LogP contribution is -2.24. The number of alkyl halides is 3. The molecule has 34 heavy (non-hydrogen) atoms. The van der Waals surface area contributed by atoms with Crippen molar-refractivity contribution in [2.24, 2.45) is 0 Å². The van der Waals surface area contributed by atoms with Crippen molar-refractivity contribution in [3.05, 3.63) is 94.8 Å². The van der Waals surface area contributed by atoms with Gasteiger partial charge in [0.25, 0.3) is 5.91 Å². The summed E-state index contributed by atoms with van der Waals surface area (Å²) in [6.07, 6.45) is -4.72. The second-order valence-corrected chi connectivity index (χ2v) is 6.97. The third-order valence-corrected chi connectivity index (χ3v) is 4.61. The Morgan fingerprint density at radius 1 is 1.00 bits per heavy atom. The van der Waals surface area contributed by atoms with Crippen LogP contribution in [0.3, 0.4) is 0 Å². The molecule has 0 aromatic heterocycles. The lowest BCUT2D eigenvalue weighted by Gasteiger charge is -2.13. The number of rotatable bonds is 5. The number of hydrogen-bond donors (Lipinski definition) is 2. The summed E-state index contributed by atoms with van der Waals surface area (Å²) in [4.78, 5) is 24.5. The van der Waals surface area contributed by atoms with E-state index >= 15 is 0 Å². The van der Waals surface area contributed by atoms with Crippen LogP contribution in [-0.4, -0.2) is 18.9 Å². The maximum atomic E-state index is 14.1. The predicted molar refractivity (Wildman–Crippen MR) is 118 cm³/mol. The van der Waals surface area contributed by atoms with Crippen molar-refractivity contribution in [2.75, 3.05) is 12.4 Å². The van der Waals surface area contributed by atoms with Crippen molar-refractivity contribution < 1.29 is 31.9 Å². The van der Waals surface area contributed by atoms with Gasteiger partial charge in [0.1, 0.15) is 11.6 Å². The molecule has 0 atom stereocenters. The summed E-state index contributed by atoms with van der Waals surface area (Å²) in [7, 11) is 1.40. The molecule has 5 nitrogen and oxygen atoms in total. The highest BCUT2D eigenvalue weighted by Crippen LogP contribution is 2.30. The highest BCUT2D eigenvalue weighted by atomic mass is 19.4. The number of benzene rings is 3. The van der Waals surface area contributed by atoms with Crippen molar-refractivity contribution >= 4 is 17.5 Å². The Hall–Kier alpha value is -4.32. The first-order valence-electron chi connectivity index (χ1n) is 9.87. The molecule has 0 spiro atoms. The summed E-state index contributed by atoms with van der Waals surface area (Å²) in [5, 5.41) is 5.04. The molecule has 3 aromatic rings. The van der Waals surface area contributed by atoms with Gasteiger partial charge in [0.15, 0.2) is 0 Å². The molecule has 0 aliphatic rings. The number of nitrogens with one attached hydrogen (secondary N) is 2. The molecular formula is C25H18F4N2O3. The van der Waals surface area contributed by atoms with Gasteiger partial charge in [-0.1, -0.05) is 24.1 Å². The lowest BCUT2D eigenvalue weighted by atomic mass is 10.1. The fourth-order valence-corrected chi connectivity index (χ4v) is 2.95. The van der Waals surface area contributed by atoms with Gasteiger partial charge in [0, 0.05) is 29.3 Å². The topological polar surface area (TPSA) is 67.4 Å². The molecular weight excluding hydrogens is 452 g/mol. The Morgan fingerprint density at radius 3 is 2.38 bits per heavy atom. The molecule has 0 saturated heterocycles. The Bertz CT molecular complexity index is 1260. The quantitative estimate of drug-likeness (QED) is 0.417. The number of carbonyl (C=O) groups excluding carboxylic acids is 2. The number of hydrogen-bond acceptors (Lipinski definition) is 3. The predicted octanol–water partition coefficient (Wildman–Crippen LogP) is 4.77. The molecule has 3 rings (SSSR count). The zero-order valence-electron chi connectivity index (χ0n) is 17.8. The molecule has 0 aliphatic carbocycles. The largest absolute Gasteiger partial charge is 0.496 e. The third-order valence-electron chi connectivity index (χ3n) is 4.61.